The Hall–Kier alpha value is -3.05. The molecule has 0 aliphatic carbocycles. The number of thioether (sulfide) groups is 1. The molecule has 32 heavy (non-hydrogen) atoms. The van der Waals surface area contributed by atoms with E-state index in [0.717, 1.165) is 21.6 Å². The third-order valence-corrected chi connectivity index (χ3v) is 6.33. The third-order valence-electron chi connectivity index (χ3n) is 5.34. The predicted octanol–water partition coefficient (Wildman–Crippen LogP) is 4.78. The average molecular weight is 447 g/mol. The fourth-order valence-corrected chi connectivity index (χ4v) is 4.37. The molecule has 0 aliphatic rings. The zero-order valence-electron chi connectivity index (χ0n) is 18.9. The summed E-state index contributed by atoms with van der Waals surface area (Å²) in [6, 6.07) is 25.5. The number of aryl methyl sites for hydroxylation is 2. The number of amides is 2. The van der Waals surface area contributed by atoms with Gasteiger partial charge in [-0.1, -0.05) is 77.9 Å². The molecule has 4 nitrogen and oxygen atoms in total. The number of hydrogen-bond acceptors (Lipinski definition) is 3. The lowest BCUT2D eigenvalue weighted by Gasteiger charge is -2.31. The van der Waals surface area contributed by atoms with E-state index in [4.69, 9.17) is 0 Å². The van der Waals surface area contributed by atoms with E-state index in [9.17, 15) is 9.59 Å². The Kier molecular flexibility index (Phi) is 8.51. The number of benzene rings is 3. The highest BCUT2D eigenvalue weighted by Gasteiger charge is 2.29. The third kappa shape index (κ3) is 6.72. The van der Waals surface area contributed by atoms with Crippen molar-refractivity contribution in [2.24, 2.45) is 0 Å². The summed E-state index contributed by atoms with van der Waals surface area (Å²) >= 11 is 1.50. The molecule has 0 unspecified atom stereocenters. The van der Waals surface area contributed by atoms with Gasteiger partial charge in [0.2, 0.25) is 11.8 Å². The minimum atomic E-state index is -0.589. The molecule has 0 bridgehead atoms. The molecular weight excluding hydrogens is 416 g/mol. The largest absolute Gasteiger partial charge is 0.357 e. The van der Waals surface area contributed by atoms with Crippen LogP contribution in [0.2, 0.25) is 0 Å². The van der Waals surface area contributed by atoms with Crippen LogP contribution in [0.3, 0.4) is 0 Å². The van der Waals surface area contributed by atoms with Gasteiger partial charge in [0.25, 0.3) is 0 Å². The van der Waals surface area contributed by atoms with Crippen molar-refractivity contribution in [1.29, 1.82) is 0 Å². The summed E-state index contributed by atoms with van der Waals surface area (Å²) in [5.74, 6) is 0.0637. The van der Waals surface area contributed by atoms with Gasteiger partial charge >= 0.3 is 0 Å². The van der Waals surface area contributed by atoms with Crippen LogP contribution in [0.5, 0.6) is 0 Å². The van der Waals surface area contributed by atoms with E-state index in [1.807, 2.05) is 86.6 Å². The van der Waals surface area contributed by atoms with Crippen molar-refractivity contribution in [3.8, 4) is 0 Å². The number of rotatable bonds is 9. The number of nitrogens with one attached hydrogen (secondary N) is 1. The van der Waals surface area contributed by atoms with E-state index < -0.39 is 6.04 Å². The van der Waals surface area contributed by atoms with E-state index in [2.05, 4.69) is 11.4 Å². The first-order valence-corrected chi connectivity index (χ1v) is 11.7. The Morgan fingerprint density at radius 3 is 2.22 bits per heavy atom. The highest BCUT2D eigenvalue weighted by atomic mass is 32.2. The number of likely N-dealkylation sites (N-methyl/N-ethyl adjacent to an activating group) is 1. The summed E-state index contributed by atoms with van der Waals surface area (Å²) in [7, 11) is 1.62. The lowest BCUT2D eigenvalue weighted by molar-refractivity contribution is -0.139. The van der Waals surface area contributed by atoms with Gasteiger partial charge in [0.1, 0.15) is 6.04 Å². The molecule has 0 radical (unpaired) electrons. The Morgan fingerprint density at radius 2 is 1.56 bits per heavy atom. The van der Waals surface area contributed by atoms with Gasteiger partial charge in [0.15, 0.2) is 0 Å². The summed E-state index contributed by atoms with van der Waals surface area (Å²) in [6.07, 6.45) is 0.466. The van der Waals surface area contributed by atoms with Crippen LogP contribution in [0.25, 0.3) is 0 Å². The molecule has 0 aromatic heterocycles. The first-order chi connectivity index (χ1) is 15.5. The van der Waals surface area contributed by atoms with Gasteiger partial charge in [0.05, 0.1) is 5.75 Å². The van der Waals surface area contributed by atoms with Crippen LogP contribution in [-0.2, 0) is 22.6 Å². The Balaban J connectivity index is 1.86. The maximum atomic E-state index is 13.4. The number of carbonyl (C=O) groups excluding carboxylic acids is 2. The van der Waals surface area contributed by atoms with Gasteiger partial charge in [0, 0.05) is 24.9 Å². The quantitative estimate of drug-likeness (QED) is 0.481. The minimum Gasteiger partial charge on any atom is -0.357 e. The van der Waals surface area contributed by atoms with Crippen molar-refractivity contribution in [2.45, 2.75) is 37.8 Å². The second-order valence-corrected chi connectivity index (χ2v) is 8.98. The molecule has 3 aromatic rings. The molecule has 0 fully saturated rings. The van der Waals surface area contributed by atoms with Crippen LogP contribution in [0, 0.1) is 13.8 Å². The van der Waals surface area contributed by atoms with Crippen LogP contribution in [-0.4, -0.2) is 35.6 Å². The summed E-state index contributed by atoms with van der Waals surface area (Å²) in [5.41, 5.74) is 4.35. The van der Waals surface area contributed by atoms with Gasteiger partial charge in [-0.3, -0.25) is 9.59 Å². The lowest BCUT2D eigenvalue weighted by Crippen LogP contribution is -2.50. The van der Waals surface area contributed by atoms with E-state index in [-0.39, 0.29) is 17.6 Å². The Bertz CT molecular complexity index is 1040. The minimum absolute atomic E-state index is 0.0541. The van der Waals surface area contributed by atoms with Gasteiger partial charge in [-0.05, 0) is 37.1 Å². The zero-order chi connectivity index (χ0) is 22.9. The summed E-state index contributed by atoms with van der Waals surface area (Å²) in [5, 5.41) is 2.76. The van der Waals surface area contributed by atoms with Gasteiger partial charge in [-0.25, -0.2) is 0 Å². The van der Waals surface area contributed by atoms with E-state index >= 15 is 0 Å². The van der Waals surface area contributed by atoms with Crippen LogP contribution < -0.4 is 5.32 Å². The molecule has 0 heterocycles. The highest BCUT2D eigenvalue weighted by molar-refractivity contribution is 8.00. The molecule has 0 aliphatic heterocycles. The molecule has 1 N–H and O–H groups in total. The van der Waals surface area contributed by atoms with Crippen LogP contribution in [0.4, 0.5) is 0 Å². The summed E-state index contributed by atoms with van der Waals surface area (Å²) in [4.78, 5) is 29.1. The fraction of sp³-hybridized carbons (Fsp3) is 0.259. The first kappa shape index (κ1) is 23.6. The van der Waals surface area contributed by atoms with Crippen LogP contribution in [0.15, 0.2) is 83.8 Å². The molecule has 166 valence electrons. The maximum absolute atomic E-state index is 13.4. The standard InChI is InChI=1S/C27H30N2O2S/c1-20-12-14-24(15-13-20)32-19-26(30)29(18-23-11-7-8-21(2)16-23)25(27(31)28-3)17-22-9-5-4-6-10-22/h4-16,25H,17-19H2,1-3H3,(H,28,31)/t25-/m1/s1. The van der Waals surface area contributed by atoms with E-state index in [1.54, 1.807) is 11.9 Å². The van der Waals surface area contributed by atoms with E-state index in [1.165, 1.54) is 17.3 Å². The first-order valence-electron chi connectivity index (χ1n) is 10.8. The SMILES string of the molecule is CNC(=O)[C@@H](Cc1ccccc1)N(Cc1cccc(C)c1)C(=O)CSc1ccc(C)cc1. The van der Waals surface area contributed by atoms with Crippen molar-refractivity contribution < 1.29 is 9.59 Å². The highest BCUT2D eigenvalue weighted by Crippen LogP contribution is 2.21. The van der Waals surface area contributed by atoms with Gasteiger partial charge in [-0.15, -0.1) is 11.8 Å². The molecule has 5 heteroatoms. The Labute approximate surface area is 195 Å². The summed E-state index contributed by atoms with van der Waals surface area (Å²) < 4.78 is 0. The molecule has 1 atom stereocenters. The normalized spacial score (nSPS) is 11.6. The Morgan fingerprint density at radius 1 is 0.875 bits per heavy atom. The molecule has 3 rings (SSSR count). The predicted molar refractivity (Wildman–Crippen MR) is 132 cm³/mol. The molecule has 0 saturated carbocycles. The van der Waals surface area contributed by atoms with Gasteiger partial charge in [-0.2, -0.15) is 0 Å². The molecule has 3 aromatic carbocycles. The van der Waals surface area contributed by atoms with Crippen molar-refractivity contribution in [3.05, 3.63) is 101 Å². The zero-order valence-corrected chi connectivity index (χ0v) is 19.7. The van der Waals surface area contributed by atoms with Gasteiger partial charge < -0.3 is 10.2 Å². The van der Waals surface area contributed by atoms with Crippen molar-refractivity contribution in [3.63, 3.8) is 0 Å². The molecule has 0 saturated heterocycles. The second-order valence-electron chi connectivity index (χ2n) is 7.93. The number of carbonyl (C=O) groups is 2. The monoisotopic (exact) mass is 446 g/mol. The average Bonchev–Trinajstić information content (AvgIpc) is 2.81. The topological polar surface area (TPSA) is 49.4 Å². The fourth-order valence-electron chi connectivity index (χ4n) is 3.59. The number of nitrogens with zero attached hydrogens (tertiary/aromatic N) is 1. The van der Waals surface area contributed by atoms with Crippen LogP contribution in [0.1, 0.15) is 22.3 Å². The van der Waals surface area contributed by atoms with Crippen LogP contribution >= 0.6 is 11.8 Å². The number of hydrogen-bond donors (Lipinski definition) is 1. The maximum Gasteiger partial charge on any atom is 0.242 e. The molecule has 2 amide bonds. The molecule has 0 spiro atoms. The van der Waals surface area contributed by atoms with Crippen molar-refractivity contribution >= 4 is 23.6 Å². The van der Waals surface area contributed by atoms with Crippen molar-refractivity contribution in [1.82, 2.24) is 10.2 Å². The summed E-state index contributed by atoms with van der Waals surface area (Å²) in [6.45, 7) is 4.46. The van der Waals surface area contributed by atoms with Crippen molar-refractivity contribution in [2.75, 3.05) is 12.8 Å². The second kappa shape index (κ2) is 11.5. The van der Waals surface area contributed by atoms with E-state index in [0.29, 0.717) is 13.0 Å². The lowest BCUT2D eigenvalue weighted by atomic mass is 10.0. The smallest absolute Gasteiger partial charge is 0.242 e. The molecular formula is C27H30N2O2S.